The van der Waals surface area contributed by atoms with Crippen molar-refractivity contribution in [3.05, 3.63) is 0 Å². The van der Waals surface area contributed by atoms with Crippen molar-refractivity contribution >= 4 is 0 Å². The maximum Gasteiger partial charge on any atom is 0.0700 e. The van der Waals surface area contributed by atoms with E-state index in [0.717, 1.165) is 19.7 Å². The number of hydrogen-bond acceptors (Lipinski definition) is 2. The van der Waals surface area contributed by atoms with Gasteiger partial charge in [0, 0.05) is 12.6 Å². The Labute approximate surface area is 63.2 Å². The molecule has 0 aliphatic carbocycles. The molecule has 2 nitrogen and oxygen atoms in total. The Morgan fingerprint density at radius 1 is 1.50 bits per heavy atom. The number of morpholine rings is 1. The van der Waals surface area contributed by atoms with Gasteiger partial charge in [-0.3, -0.25) is 4.90 Å². The lowest BCUT2D eigenvalue weighted by Gasteiger charge is -2.36. The Morgan fingerprint density at radius 3 is 2.70 bits per heavy atom. The molecule has 2 atom stereocenters. The molecule has 0 aromatic rings. The van der Waals surface area contributed by atoms with Crippen LogP contribution in [0.15, 0.2) is 0 Å². The fraction of sp³-hybridized carbons (Fsp3) is 1.00. The SMILES string of the molecule is CCN1CCOC(C)C1C. The second-order valence-electron chi connectivity index (χ2n) is 2.95. The first-order chi connectivity index (χ1) is 4.75. The molecule has 2 unspecified atom stereocenters. The van der Waals surface area contributed by atoms with E-state index in [0.29, 0.717) is 12.1 Å². The van der Waals surface area contributed by atoms with Gasteiger partial charge in [0.25, 0.3) is 0 Å². The van der Waals surface area contributed by atoms with Gasteiger partial charge in [0.05, 0.1) is 12.7 Å². The number of nitrogens with zero attached hydrogens (tertiary/aromatic N) is 1. The normalized spacial score (nSPS) is 36.3. The summed E-state index contributed by atoms with van der Waals surface area (Å²) < 4.78 is 5.48. The summed E-state index contributed by atoms with van der Waals surface area (Å²) in [6, 6.07) is 0.596. The molecule has 0 bridgehead atoms. The summed E-state index contributed by atoms with van der Waals surface area (Å²) in [5.74, 6) is 0. The molecule has 0 amide bonds. The summed E-state index contributed by atoms with van der Waals surface area (Å²) in [6.07, 6.45) is 0.411. The van der Waals surface area contributed by atoms with Crippen molar-refractivity contribution in [1.29, 1.82) is 0 Å². The molecule has 1 aliphatic heterocycles. The molecule has 2 heteroatoms. The Bertz CT molecular complexity index is 105. The van der Waals surface area contributed by atoms with Crippen LogP contribution in [0.5, 0.6) is 0 Å². The highest BCUT2D eigenvalue weighted by Crippen LogP contribution is 2.11. The van der Waals surface area contributed by atoms with E-state index in [1.165, 1.54) is 0 Å². The molecule has 0 aromatic heterocycles. The third-order valence-electron chi connectivity index (χ3n) is 2.42. The minimum Gasteiger partial charge on any atom is -0.376 e. The number of ether oxygens (including phenoxy) is 1. The van der Waals surface area contributed by atoms with Gasteiger partial charge in [-0.1, -0.05) is 6.92 Å². The molecule has 0 spiro atoms. The first-order valence-corrected chi connectivity index (χ1v) is 4.11. The van der Waals surface area contributed by atoms with Crippen molar-refractivity contribution in [3.63, 3.8) is 0 Å². The van der Waals surface area contributed by atoms with E-state index in [4.69, 9.17) is 4.74 Å². The second kappa shape index (κ2) is 3.35. The average molecular weight is 143 g/mol. The summed E-state index contributed by atoms with van der Waals surface area (Å²) in [6.45, 7) is 9.73. The van der Waals surface area contributed by atoms with Crippen molar-refractivity contribution in [2.45, 2.75) is 32.9 Å². The van der Waals surface area contributed by atoms with Crippen LogP contribution >= 0.6 is 0 Å². The standard InChI is InChI=1S/C8H17NO/c1-4-9-5-6-10-8(3)7(9)2/h7-8H,4-6H2,1-3H3. The van der Waals surface area contributed by atoms with Gasteiger partial charge < -0.3 is 4.74 Å². The van der Waals surface area contributed by atoms with Crippen LogP contribution < -0.4 is 0 Å². The minimum atomic E-state index is 0.411. The summed E-state index contributed by atoms with van der Waals surface area (Å²) >= 11 is 0. The van der Waals surface area contributed by atoms with Crippen LogP contribution in [-0.4, -0.2) is 36.7 Å². The molecule has 10 heavy (non-hydrogen) atoms. The van der Waals surface area contributed by atoms with Crippen LogP contribution in [0.2, 0.25) is 0 Å². The van der Waals surface area contributed by atoms with Crippen molar-refractivity contribution < 1.29 is 4.74 Å². The first-order valence-electron chi connectivity index (χ1n) is 4.11. The van der Waals surface area contributed by atoms with Crippen molar-refractivity contribution in [1.82, 2.24) is 4.90 Å². The second-order valence-corrected chi connectivity index (χ2v) is 2.95. The third kappa shape index (κ3) is 1.50. The van der Waals surface area contributed by atoms with Crippen LogP contribution in [0, 0.1) is 0 Å². The van der Waals surface area contributed by atoms with E-state index in [-0.39, 0.29) is 0 Å². The molecule has 0 aromatic carbocycles. The van der Waals surface area contributed by atoms with E-state index in [1.807, 2.05) is 0 Å². The highest BCUT2D eigenvalue weighted by atomic mass is 16.5. The zero-order valence-electron chi connectivity index (χ0n) is 7.13. The summed E-state index contributed by atoms with van der Waals surface area (Å²) in [5.41, 5.74) is 0. The molecule has 0 N–H and O–H groups in total. The Hall–Kier alpha value is -0.0800. The molecule has 1 rings (SSSR count). The van der Waals surface area contributed by atoms with Gasteiger partial charge in [0.1, 0.15) is 0 Å². The van der Waals surface area contributed by atoms with Crippen LogP contribution in [-0.2, 0) is 4.74 Å². The summed E-state index contributed by atoms with van der Waals surface area (Å²) in [7, 11) is 0. The first kappa shape index (κ1) is 8.02. The number of hydrogen-bond donors (Lipinski definition) is 0. The molecule has 0 saturated carbocycles. The van der Waals surface area contributed by atoms with Crippen molar-refractivity contribution in [2.24, 2.45) is 0 Å². The third-order valence-corrected chi connectivity index (χ3v) is 2.42. The van der Waals surface area contributed by atoms with Gasteiger partial charge >= 0.3 is 0 Å². The Balaban J connectivity index is 2.42. The Morgan fingerprint density at radius 2 is 2.20 bits per heavy atom. The molecule has 1 aliphatic rings. The topological polar surface area (TPSA) is 12.5 Å². The zero-order valence-corrected chi connectivity index (χ0v) is 7.13. The highest BCUT2D eigenvalue weighted by Gasteiger charge is 2.23. The van der Waals surface area contributed by atoms with Gasteiger partial charge in [0.2, 0.25) is 0 Å². The van der Waals surface area contributed by atoms with Gasteiger partial charge in [-0.15, -0.1) is 0 Å². The molecule has 1 heterocycles. The average Bonchev–Trinajstić information content (AvgIpc) is 1.95. The van der Waals surface area contributed by atoms with Crippen LogP contribution in [0.3, 0.4) is 0 Å². The minimum absolute atomic E-state index is 0.411. The van der Waals surface area contributed by atoms with Crippen LogP contribution in [0.1, 0.15) is 20.8 Å². The quantitative estimate of drug-likeness (QED) is 0.545. The number of likely N-dealkylation sites (N-methyl/N-ethyl adjacent to an activating group) is 1. The smallest absolute Gasteiger partial charge is 0.0700 e. The van der Waals surface area contributed by atoms with E-state index in [2.05, 4.69) is 25.7 Å². The van der Waals surface area contributed by atoms with E-state index >= 15 is 0 Å². The van der Waals surface area contributed by atoms with Gasteiger partial charge in [-0.25, -0.2) is 0 Å². The fourth-order valence-corrected chi connectivity index (χ4v) is 1.44. The van der Waals surface area contributed by atoms with Gasteiger partial charge in [-0.2, -0.15) is 0 Å². The number of rotatable bonds is 1. The predicted molar refractivity (Wildman–Crippen MR) is 42.1 cm³/mol. The lowest BCUT2D eigenvalue weighted by atomic mass is 10.1. The summed E-state index contributed by atoms with van der Waals surface area (Å²) in [4.78, 5) is 2.45. The van der Waals surface area contributed by atoms with Gasteiger partial charge in [0.15, 0.2) is 0 Å². The van der Waals surface area contributed by atoms with E-state index in [1.54, 1.807) is 0 Å². The molecule has 0 radical (unpaired) electrons. The monoisotopic (exact) mass is 143 g/mol. The lowest BCUT2D eigenvalue weighted by molar-refractivity contribution is -0.0530. The molecular weight excluding hydrogens is 126 g/mol. The van der Waals surface area contributed by atoms with E-state index in [9.17, 15) is 0 Å². The van der Waals surface area contributed by atoms with Gasteiger partial charge in [-0.05, 0) is 20.4 Å². The molecule has 1 fully saturated rings. The molecule has 60 valence electrons. The van der Waals surface area contributed by atoms with Crippen molar-refractivity contribution in [2.75, 3.05) is 19.7 Å². The summed E-state index contributed by atoms with van der Waals surface area (Å²) in [5, 5.41) is 0. The van der Waals surface area contributed by atoms with Crippen LogP contribution in [0.4, 0.5) is 0 Å². The van der Waals surface area contributed by atoms with Crippen molar-refractivity contribution in [3.8, 4) is 0 Å². The Kier molecular flexibility index (Phi) is 2.69. The fourth-order valence-electron chi connectivity index (χ4n) is 1.44. The maximum absolute atomic E-state index is 5.48. The maximum atomic E-state index is 5.48. The lowest BCUT2D eigenvalue weighted by Crippen LogP contribution is -2.48. The van der Waals surface area contributed by atoms with E-state index < -0.39 is 0 Å². The highest BCUT2D eigenvalue weighted by molar-refractivity contribution is 4.75. The molecule has 1 saturated heterocycles. The predicted octanol–water partition coefficient (Wildman–Crippen LogP) is 1.12. The largest absolute Gasteiger partial charge is 0.376 e. The van der Waals surface area contributed by atoms with Crippen LogP contribution in [0.25, 0.3) is 0 Å². The zero-order chi connectivity index (χ0) is 7.56. The molecular formula is C8H17NO.